The van der Waals surface area contributed by atoms with E-state index in [1.165, 1.54) is 0 Å². The Balaban J connectivity index is 0. The molecule has 7 N–H and O–H groups in total. The van der Waals surface area contributed by atoms with Crippen molar-refractivity contribution < 1.29 is 15.3 Å². The second kappa shape index (κ2) is 9.88. The van der Waals surface area contributed by atoms with Gasteiger partial charge in [-0.3, -0.25) is 0 Å². The second-order valence-electron chi connectivity index (χ2n) is 2.91. The summed E-state index contributed by atoms with van der Waals surface area (Å²) in [5, 5.41) is 26.0. The molecule has 0 aliphatic carbocycles. The van der Waals surface area contributed by atoms with Crippen LogP contribution in [0.4, 0.5) is 0 Å². The SMILES string of the molecule is CCC(CO)(CO)CO.NCCN. The van der Waals surface area contributed by atoms with Crippen LogP contribution in [0.5, 0.6) is 0 Å². The van der Waals surface area contributed by atoms with E-state index in [1.54, 1.807) is 0 Å². The molecule has 0 aromatic rings. The minimum absolute atomic E-state index is 0.156. The minimum atomic E-state index is -0.667. The fourth-order valence-electron chi connectivity index (χ4n) is 0.485. The Labute approximate surface area is 79.4 Å². The minimum Gasteiger partial charge on any atom is -0.396 e. The van der Waals surface area contributed by atoms with E-state index < -0.39 is 5.41 Å². The predicted octanol–water partition coefficient (Wildman–Crippen LogP) is -1.74. The summed E-state index contributed by atoms with van der Waals surface area (Å²) in [6.45, 7) is 2.55. The first-order valence-corrected chi connectivity index (χ1v) is 4.39. The van der Waals surface area contributed by atoms with Crippen LogP contribution in [0.25, 0.3) is 0 Å². The van der Waals surface area contributed by atoms with Gasteiger partial charge in [-0.2, -0.15) is 0 Å². The van der Waals surface area contributed by atoms with Gasteiger partial charge in [0.15, 0.2) is 0 Å². The van der Waals surface area contributed by atoms with E-state index in [0.717, 1.165) is 0 Å². The van der Waals surface area contributed by atoms with Crippen molar-refractivity contribution in [1.29, 1.82) is 0 Å². The lowest BCUT2D eigenvalue weighted by atomic mass is 9.88. The average Bonchev–Trinajstić information content (AvgIpc) is 2.23. The van der Waals surface area contributed by atoms with Crippen molar-refractivity contribution in [3.8, 4) is 0 Å². The van der Waals surface area contributed by atoms with Gasteiger partial charge in [0.25, 0.3) is 0 Å². The Kier molecular flexibility index (Phi) is 11.6. The first kappa shape index (κ1) is 15.3. The van der Waals surface area contributed by atoms with Gasteiger partial charge < -0.3 is 26.8 Å². The van der Waals surface area contributed by atoms with Gasteiger partial charge in [0.05, 0.1) is 19.8 Å². The first-order chi connectivity index (χ1) is 6.16. The summed E-state index contributed by atoms with van der Waals surface area (Å²) in [6, 6.07) is 0. The van der Waals surface area contributed by atoms with E-state index in [2.05, 4.69) is 0 Å². The zero-order chi connectivity index (χ0) is 10.7. The van der Waals surface area contributed by atoms with Gasteiger partial charge in [0.1, 0.15) is 0 Å². The topological polar surface area (TPSA) is 113 Å². The maximum absolute atomic E-state index is 8.66. The molecule has 0 atom stereocenters. The lowest BCUT2D eigenvalue weighted by Gasteiger charge is -2.24. The molecule has 0 spiro atoms. The van der Waals surface area contributed by atoms with Crippen molar-refractivity contribution in [3.63, 3.8) is 0 Å². The molecule has 0 rings (SSSR count). The standard InChI is InChI=1S/C6H14O3.C2H8N2/c1-2-6(3-7,4-8)5-9;3-1-2-4/h7-9H,2-5H2,1H3;1-4H2. The van der Waals surface area contributed by atoms with Crippen molar-refractivity contribution in [2.75, 3.05) is 32.9 Å². The van der Waals surface area contributed by atoms with Gasteiger partial charge in [-0.05, 0) is 6.42 Å². The summed E-state index contributed by atoms with van der Waals surface area (Å²) in [5.74, 6) is 0. The Bertz CT molecular complexity index is 77.9. The van der Waals surface area contributed by atoms with E-state index in [4.69, 9.17) is 26.8 Å². The molecular formula is C8H22N2O3. The highest BCUT2D eigenvalue weighted by Gasteiger charge is 2.24. The van der Waals surface area contributed by atoms with Gasteiger partial charge in [-0.15, -0.1) is 0 Å². The molecule has 0 radical (unpaired) electrons. The monoisotopic (exact) mass is 194 g/mol. The smallest absolute Gasteiger partial charge is 0.0531 e. The fourth-order valence-corrected chi connectivity index (χ4v) is 0.485. The van der Waals surface area contributed by atoms with E-state index >= 15 is 0 Å². The Morgan fingerprint density at radius 2 is 1.23 bits per heavy atom. The highest BCUT2D eigenvalue weighted by Crippen LogP contribution is 2.18. The molecule has 0 saturated heterocycles. The second-order valence-corrected chi connectivity index (χ2v) is 2.91. The molecular weight excluding hydrogens is 172 g/mol. The molecule has 0 saturated carbocycles. The lowest BCUT2D eigenvalue weighted by molar-refractivity contribution is 0.00304. The van der Waals surface area contributed by atoms with Crippen molar-refractivity contribution in [3.05, 3.63) is 0 Å². The van der Waals surface area contributed by atoms with Gasteiger partial charge in [-0.25, -0.2) is 0 Å². The van der Waals surface area contributed by atoms with E-state index in [-0.39, 0.29) is 19.8 Å². The highest BCUT2D eigenvalue weighted by atomic mass is 16.3. The van der Waals surface area contributed by atoms with Crippen LogP contribution in [-0.2, 0) is 0 Å². The summed E-state index contributed by atoms with van der Waals surface area (Å²) < 4.78 is 0. The molecule has 0 aliphatic rings. The molecule has 0 amide bonds. The molecule has 0 aliphatic heterocycles. The van der Waals surface area contributed by atoms with Gasteiger partial charge in [-0.1, -0.05) is 6.92 Å². The Morgan fingerprint density at radius 3 is 1.23 bits per heavy atom. The van der Waals surface area contributed by atoms with Crippen molar-refractivity contribution in [1.82, 2.24) is 0 Å². The summed E-state index contributed by atoms with van der Waals surface area (Å²) >= 11 is 0. The van der Waals surface area contributed by atoms with Crippen molar-refractivity contribution >= 4 is 0 Å². The van der Waals surface area contributed by atoms with E-state index in [0.29, 0.717) is 19.5 Å². The first-order valence-electron chi connectivity index (χ1n) is 4.39. The van der Waals surface area contributed by atoms with Crippen LogP contribution < -0.4 is 11.5 Å². The largest absolute Gasteiger partial charge is 0.396 e. The normalized spacial score (nSPS) is 10.6. The predicted molar refractivity (Wildman–Crippen MR) is 52.1 cm³/mol. The molecule has 82 valence electrons. The van der Waals surface area contributed by atoms with Crippen LogP contribution in [-0.4, -0.2) is 48.2 Å². The molecule has 0 bridgehead atoms. The molecule has 0 aromatic carbocycles. The van der Waals surface area contributed by atoms with E-state index in [1.807, 2.05) is 6.92 Å². The van der Waals surface area contributed by atoms with Crippen LogP contribution in [0, 0.1) is 5.41 Å². The molecule has 5 nitrogen and oxygen atoms in total. The van der Waals surface area contributed by atoms with Gasteiger partial charge >= 0.3 is 0 Å². The van der Waals surface area contributed by atoms with Crippen LogP contribution in [0.2, 0.25) is 0 Å². The number of hydrogen-bond acceptors (Lipinski definition) is 5. The summed E-state index contributed by atoms with van der Waals surface area (Å²) in [4.78, 5) is 0. The van der Waals surface area contributed by atoms with Crippen LogP contribution in [0.15, 0.2) is 0 Å². The molecule has 13 heavy (non-hydrogen) atoms. The number of hydrogen-bond donors (Lipinski definition) is 5. The number of aliphatic hydroxyl groups excluding tert-OH is 3. The zero-order valence-electron chi connectivity index (χ0n) is 8.24. The summed E-state index contributed by atoms with van der Waals surface area (Å²) in [7, 11) is 0. The summed E-state index contributed by atoms with van der Waals surface area (Å²) in [5.41, 5.74) is 9.14. The third-order valence-electron chi connectivity index (χ3n) is 1.92. The Hall–Kier alpha value is -0.200. The molecule has 0 unspecified atom stereocenters. The van der Waals surface area contributed by atoms with Crippen molar-refractivity contribution in [2.24, 2.45) is 16.9 Å². The molecule has 0 fully saturated rings. The van der Waals surface area contributed by atoms with E-state index in [9.17, 15) is 0 Å². The third-order valence-corrected chi connectivity index (χ3v) is 1.92. The van der Waals surface area contributed by atoms with Gasteiger partial charge in [0.2, 0.25) is 0 Å². The number of aliphatic hydroxyl groups is 3. The quantitative estimate of drug-likeness (QED) is 0.357. The summed E-state index contributed by atoms with van der Waals surface area (Å²) in [6.07, 6.45) is 0.594. The molecule has 0 aromatic heterocycles. The zero-order valence-corrected chi connectivity index (χ0v) is 8.24. The number of rotatable bonds is 5. The van der Waals surface area contributed by atoms with Crippen LogP contribution in [0.1, 0.15) is 13.3 Å². The third kappa shape index (κ3) is 6.92. The van der Waals surface area contributed by atoms with Crippen molar-refractivity contribution in [2.45, 2.75) is 13.3 Å². The maximum atomic E-state index is 8.66. The average molecular weight is 194 g/mol. The maximum Gasteiger partial charge on any atom is 0.0531 e. The van der Waals surface area contributed by atoms with Gasteiger partial charge in [0, 0.05) is 18.5 Å². The van der Waals surface area contributed by atoms with Crippen LogP contribution >= 0.6 is 0 Å². The molecule has 5 heteroatoms. The molecule has 0 heterocycles. The van der Waals surface area contributed by atoms with Crippen LogP contribution in [0.3, 0.4) is 0 Å². The lowest BCUT2D eigenvalue weighted by Crippen LogP contribution is -2.32. The Morgan fingerprint density at radius 1 is 0.923 bits per heavy atom. The highest BCUT2D eigenvalue weighted by molar-refractivity contribution is 4.74. The fraction of sp³-hybridized carbons (Fsp3) is 1.00. The number of nitrogens with two attached hydrogens (primary N) is 2.